The van der Waals surface area contributed by atoms with Gasteiger partial charge in [0.1, 0.15) is 5.52 Å². The number of rotatable bonds is 2. The van der Waals surface area contributed by atoms with E-state index in [-0.39, 0.29) is 0 Å². The number of nitrogens with one attached hydrogen (secondary N) is 1. The van der Waals surface area contributed by atoms with Gasteiger partial charge in [0, 0.05) is 36.8 Å². The molecule has 1 fully saturated rings. The fourth-order valence-corrected chi connectivity index (χ4v) is 2.94. The summed E-state index contributed by atoms with van der Waals surface area (Å²) >= 11 is 6.18. The summed E-state index contributed by atoms with van der Waals surface area (Å²) in [5.74, 6) is -0.544. The summed E-state index contributed by atoms with van der Waals surface area (Å²) in [6, 6.07) is 8.66. The number of halogens is 2. The fraction of sp³-hybridized carbons (Fsp3) is 0.250. The predicted molar refractivity (Wildman–Crippen MR) is 87.3 cm³/mol. The van der Waals surface area contributed by atoms with Gasteiger partial charge in [-0.2, -0.15) is 9.37 Å². The SMILES string of the molecule is Fc1cccc(-c2cc(Cl)cc3nc(N4CCNCC4)oc23)n1. The van der Waals surface area contributed by atoms with Gasteiger partial charge in [-0.25, -0.2) is 4.98 Å². The predicted octanol–water partition coefficient (Wildman–Crippen LogP) is 3.09. The first kappa shape index (κ1) is 14.4. The minimum absolute atomic E-state index is 0.473. The molecule has 2 aromatic heterocycles. The molecule has 0 atom stereocenters. The van der Waals surface area contributed by atoms with Gasteiger partial charge >= 0.3 is 0 Å². The molecule has 1 aliphatic rings. The van der Waals surface area contributed by atoms with Gasteiger partial charge in [-0.15, -0.1) is 0 Å². The molecule has 0 bridgehead atoms. The highest BCUT2D eigenvalue weighted by Crippen LogP contribution is 2.33. The van der Waals surface area contributed by atoms with E-state index in [4.69, 9.17) is 16.0 Å². The van der Waals surface area contributed by atoms with Crippen molar-refractivity contribution in [1.82, 2.24) is 15.3 Å². The van der Waals surface area contributed by atoms with Crippen LogP contribution in [0.4, 0.5) is 10.4 Å². The fourth-order valence-electron chi connectivity index (χ4n) is 2.73. The Morgan fingerprint density at radius 3 is 2.78 bits per heavy atom. The van der Waals surface area contributed by atoms with Gasteiger partial charge in [-0.05, 0) is 24.3 Å². The van der Waals surface area contributed by atoms with Crippen LogP contribution in [-0.2, 0) is 0 Å². The van der Waals surface area contributed by atoms with Crippen LogP contribution in [0.5, 0.6) is 0 Å². The minimum Gasteiger partial charge on any atom is -0.423 e. The topological polar surface area (TPSA) is 54.2 Å². The molecule has 4 rings (SSSR count). The van der Waals surface area contributed by atoms with Crippen molar-refractivity contribution in [3.63, 3.8) is 0 Å². The smallest absolute Gasteiger partial charge is 0.298 e. The average Bonchev–Trinajstić information content (AvgIpc) is 2.98. The highest BCUT2D eigenvalue weighted by Gasteiger charge is 2.19. The minimum atomic E-state index is -0.544. The number of benzene rings is 1. The lowest BCUT2D eigenvalue weighted by Crippen LogP contribution is -2.43. The highest BCUT2D eigenvalue weighted by atomic mass is 35.5. The Balaban J connectivity index is 1.85. The number of hydrogen-bond donors (Lipinski definition) is 1. The molecule has 0 radical (unpaired) electrons. The van der Waals surface area contributed by atoms with Gasteiger partial charge < -0.3 is 14.6 Å². The van der Waals surface area contributed by atoms with Crippen LogP contribution in [0.15, 0.2) is 34.7 Å². The maximum atomic E-state index is 13.4. The number of piperazine rings is 1. The Labute approximate surface area is 137 Å². The van der Waals surface area contributed by atoms with E-state index in [0.29, 0.717) is 33.4 Å². The Morgan fingerprint density at radius 1 is 1.17 bits per heavy atom. The Bertz CT molecular complexity index is 860. The van der Waals surface area contributed by atoms with E-state index < -0.39 is 5.95 Å². The van der Waals surface area contributed by atoms with Crippen molar-refractivity contribution in [1.29, 1.82) is 0 Å². The molecule has 1 aromatic carbocycles. The van der Waals surface area contributed by atoms with Gasteiger partial charge in [0.15, 0.2) is 5.58 Å². The maximum absolute atomic E-state index is 13.4. The molecule has 1 N–H and O–H groups in total. The van der Waals surface area contributed by atoms with Crippen molar-refractivity contribution in [2.45, 2.75) is 0 Å². The van der Waals surface area contributed by atoms with E-state index in [2.05, 4.69) is 20.2 Å². The van der Waals surface area contributed by atoms with Crippen molar-refractivity contribution in [3.05, 3.63) is 41.3 Å². The second-order valence-corrected chi connectivity index (χ2v) is 5.82. The molecule has 1 saturated heterocycles. The lowest BCUT2D eigenvalue weighted by molar-refractivity contribution is 0.518. The third-order valence-corrected chi connectivity index (χ3v) is 4.04. The molecule has 0 spiro atoms. The van der Waals surface area contributed by atoms with Crippen molar-refractivity contribution >= 4 is 28.7 Å². The van der Waals surface area contributed by atoms with Crippen LogP contribution >= 0.6 is 11.6 Å². The largest absolute Gasteiger partial charge is 0.423 e. The number of oxazole rings is 1. The van der Waals surface area contributed by atoms with Crippen LogP contribution in [0.1, 0.15) is 0 Å². The molecule has 0 unspecified atom stereocenters. The number of pyridine rings is 1. The molecule has 7 heteroatoms. The van der Waals surface area contributed by atoms with E-state index in [1.807, 2.05) is 0 Å². The van der Waals surface area contributed by atoms with Gasteiger partial charge in [0.25, 0.3) is 6.01 Å². The van der Waals surface area contributed by atoms with Crippen LogP contribution < -0.4 is 10.2 Å². The zero-order chi connectivity index (χ0) is 15.8. The summed E-state index contributed by atoms with van der Waals surface area (Å²) in [5.41, 5.74) is 2.33. The van der Waals surface area contributed by atoms with E-state index >= 15 is 0 Å². The molecular formula is C16H14ClFN4O. The molecule has 0 saturated carbocycles. The Kier molecular flexibility index (Phi) is 3.63. The first-order chi connectivity index (χ1) is 11.2. The van der Waals surface area contributed by atoms with E-state index in [0.717, 1.165) is 26.2 Å². The summed E-state index contributed by atoms with van der Waals surface area (Å²) < 4.78 is 19.4. The third kappa shape index (κ3) is 2.75. The lowest BCUT2D eigenvalue weighted by atomic mass is 10.1. The van der Waals surface area contributed by atoms with Crippen LogP contribution in [0.3, 0.4) is 0 Å². The standard InChI is InChI=1S/C16H14ClFN4O/c17-10-8-11(12-2-1-3-14(18)20-12)15-13(9-10)21-16(23-15)22-6-4-19-5-7-22/h1-3,8-9,19H,4-7H2. The van der Waals surface area contributed by atoms with Crippen LogP contribution in [0, 0.1) is 5.95 Å². The summed E-state index contributed by atoms with van der Waals surface area (Å²) in [7, 11) is 0. The molecule has 0 aliphatic carbocycles. The zero-order valence-electron chi connectivity index (χ0n) is 12.2. The summed E-state index contributed by atoms with van der Waals surface area (Å²) in [4.78, 5) is 10.5. The van der Waals surface area contributed by atoms with Gasteiger partial charge in [-0.1, -0.05) is 17.7 Å². The molecule has 0 amide bonds. The summed E-state index contributed by atoms with van der Waals surface area (Å²) in [5, 5.41) is 3.80. The molecular weight excluding hydrogens is 319 g/mol. The number of fused-ring (bicyclic) bond motifs is 1. The Morgan fingerprint density at radius 2 is 2.00 bits per heavy atom. The molecule has 3 aromatic rings. The quantitative estimate of drug-likeness (QED) is 0.731. The second kappa shape index (κ2) is 5.79. The maximum Gasteiger partial charge on any atom is 0.298 e. The monoisotopic (exact) mass is 332 g/mol. The molecule has 23 heavy (non-hydrogen) atoms. The van der Waals surface area contributed by atoms with E-state index in [1.165, 1.54) is 6.07 Å². The normalized spacial score (nSPS) is 15.3. The van der Waals surface area contributed by atoms with Crippen molar-refractivity contribution < 1.29 is 8.81 Å². The highest BCUT2D eigenvalue weighted by molar-refractivity contribution is 6.31. The lowest BCUT2D eigenvalue weighted by Gasteiger charge is -2.25. The van der Waals surface area contributed by atoms with E-state index in [9.17, 15) is 4.39 Å². The number of hydrogen-bond acceptors (Lipinski definition) is 5. The van der Waals surface area contributed by atoms with Gasteiger partial charge in [0.05, 0.1) is 5.69 Å². The van der Waals surface area contributed by atoms with Gasteiger partial charge in [0.2, 0.25) is 5.95 Å². The van der Waals surface area contributed by atoms with Crippen LogP contribution in [0.25, 0.3) is 22.4 Å². The number of aromatic nitrogens is 2. The van der Waals surface area contributed by atoms with Crippen LogP contribution in [-0.4, -0.2) is 36.1 Å². The first-order valence-electron chi connectivity index (χ1n) is 7.39. The summed E-state index contributed by atoms with van der Waals surface area (Å²) in [6.45, 7) is 3.43. The number of nitrogens with zero attached hydrogens (tertiary/aromatic N) is 3. The average molecular weight is 333 g/mol. The molecule has 118 valence electrons. The zero-order valence-corrected chi connectivity index (χ0v) is 13.0. The van der Waals surface area contributed by atoms with Gasteiger partial charge in [-0.3, -0.25) is 0 Å². The first-order valence-corrected chi connectivity index (χ1v) is 7.77. The molecule has 5 nitrogen and oxygen atoms in total. The van der Waals surface area contributed by atoms with E-state index in [1.54, 1.807) is 24.3 Å². The third-order valence-electron chi connectivity index (χ3n) is 3.82. The number of anilines is 1. The summed E-state index contributed by atoms with van der Waals surface area (Å²) in [6.07, 6.45) is 0. The van der Waals surface area contributed by atoms with Crippen molar-refractivity contribution in [2.75, 3.05) is 31.1 Å². The molecule has 3 heterocycles. The second-order valence-electron chi connectivity index (χ2n) is 5.38. The Hall–Kier alpha value is -2.18. The van der Waals surface area contributed by atoms with Crippen molar-refractivity contribution in [3.8, 4) is 11.3 Å². The van der Waals surface area contributed by atoms with Crippen LogP contribution in [0.2, 0.25) is 5.02 Å². The molecule has 1 aliphatic heterocycles. The van der Waals surface area contributed by atoms with Crippen molar-refractivity contribution in [2.24, 2.45) is 0 Å².